The van der Waals surface area contributed by atoms with Crippen molar-refractivity contribution in [3.63, 3.8) is 0 Å². The van der Waals surface area contributed by atoms with Crippen molar-refractivity contribution in [2.24, 2.45) is 0 Å². The zero-order chi connectivity index (χ0) is 13.3. The molecular weight excluding hydrogens is 237 g/mol. The Bertz CT molecular complexity index is 464. The Morgan fingerprint density at radius 2 is 2.39 bits per heavy atom. The lowest BCUT2D eigenvalue weighted by molar-refractivity contribution is -0.138. The van der Waals surface area contributed by atoms with E-state index >= 15 is 0 Å². The van der Waals surface area contributed by atoms with E-state index in [0.717, 1.165) is 6.42 Å². The summed E-state index contributed by atoms with van der Waals surface area (Å²) in [4.78, 5) is 12.8. The van der Waals surface area contributed by atoms with Gasteiger partial charge in [-0.25, -0.2) is 9.18 Å². The SMILES string of the molecule is CCC1CN(C(C)C(=O)O)c2cc(F)ccc2O1. The van der Waals surface area contributed by atoms with Crippen LogP contribution in [0.25, 0.3) is 0 Å². The molecule has 1 heterocycles. The molecule has 4 nitrogen and oxygen atoms in total. The van der Waals surface area contributed by atoms with Crippen LogP contribution < -0.4 is 9.64 Å². The fourth-order valence-corrected chi connectivity index (χ4v) is 2.06. The monoisotopic (exact) mass is 253 g/mol. The van der Waals surface area contributed by atoms with Crippen LogP contribution in [0, 0.1) is 5.82 Å². The number of hydrogen-bond acceptors (Lipinski definition) is 3. The third-order valence-corrected chi connectivity index (χ3v) is 3.20. The largest absolute Gasteiger partial charge is 0.486 e. The lowest BCUT2D eigenvalue weighted by Crippen LogP contribution is -2.47. The highest BCUT2D eigenvalue weighted by atomic mass is 19.1. The fraction of sp³-hybridized carbons (Fsp3) is 0.462. The van der Waals surface area contributed by atoms with E-state index in [0.29, 0.717) is 18.0 Å². The van der Waals surface area contributed by atoms with E-state index in [9.17, 15) is 9.18 Å². The number of fused-ring (bicyclic) bond motifs is 1. The van der Waals surface area contributed by atoms with Gasteiger partial charge in [0, 0.05) is 6.07 Å². The summed E-state index contributed by atoms with van der Waals surface area (Å²) in [5.74, 6) is -0.778. The van der Waals surface area contributed by atoms with Gasteiger partial charge in [0.2, 0.25) is 0 Å². The summed E-state index contributed by atoms with van der Waals surface area (Å²) in [7, 11) is 0. The highest BCUT2D eigenvalue weighted by molar-refractivity contribution is 5.79. The average Bonchev–Trinajstić information content (AvgIpc) is 2.36. The molecule has 18 heavy (non-hydrogen) atoms. The summed E-state index contributed by atoms with van der Waals surface area (Å²) in [5.41, 5.74) is 0.509. The lowest BCUT2D eigenvalue weighted by atomic mass is 10.1. The van der Waals surface area contributed by atoms with E-state index in [2.05, 4.69) is 0 Å². The molecule has 2 unspecified atom stereocenters. The second-order valence-electron chi connectivity index (χ2n) is 4.43. The molecule has 0 radical (unpaired) electrons. The van der Waals surface area contributed by atoms with E-state index in [1.54, 1.807) is 17.9 Å². The molecule has 5 heteroatoms. The molecular formula is C13H16FNO3. The van der Waals surface area contributed by atoms with Crippen molar-refractivity contribution in [3.8, 4) is 5.75 Å². The smallest absolute Gasteiger partial charge is 0.326 e. The van der Waals surface area contributed by atoms with Crippen molar-refractivity contribution in [3.05, 3.63) is 24.0 Å². The number of carbonyl (C=O) groups is 1. The van der Waals surface area contributed by atoms with Crippen LogP contribution >= 0.6 is 0 Å². The van der Waals surface area contributed by atoms with Gasteiger partial charge >= 0.3 is 5.97 Å². The van der Waals surface area contributed by atoms with Gasteiger partial charge in [0.05, 0.1) is 12.2 Å². The van der Waals surface area contributed by atoms with Crippen molar-refractivity contribution in [1.82, 2.24) is 0 Å². The van der Waals surface area contributed by atoms with Gasteiger partial charge in [-0.2, -0.15) is 0 Å². The Hall–Kier alpha value is -1.78. The van der Waals surface area contributed by atoms with Crippen LogP contribution in [0.2, 0.25) is 0 Å². The maximum atomic E-state index is 13.3. The van der Waals surface area contributed by atoms with Crippen molar-refractivity contribution in [2.75, 3.05) is 11.4 Å². The number of anilines is 1. The normalized spacial score (nSPS) is 19.9. The highest BCUT2D eigenvalue weighted by Crippen LogP contribution is 2.35. The lowest BCUT2D eigenvalue weighted by Gasteiger charge is -2.38. The molecule has 1 aliphatic rings. The second kappa shape index (κ2) is 4.84. The Morgan fingerprint density at radius 3 is 3.00 bits per heavy atom. The third-order valence-electron chi connectivity index (χ3n) is 3.20. The number of carboxylic acid groups (broad SMARTS) is 1. The molecule has 98 valence electrons. The minimum absolute atomic E-state index is 0.0650. The molecule has 0 amide bonds. The molecule has 2 rings (SSSR count). The highest BCUT2D eigenvalue weighted by Gasteiger charge is 2.31. The van der Waals surface area contributed by atoms with E-state index in [4.69, 9.17) is 9.84 Å². The molecule has 0 saturated heterocycles. The second-order valence-corrected chi connectivity index (χ2v) is 4.43. The first kappa shape index (κ1) is 12.7. The predicted molar refractivity (Wildman–Crippen MR) is 65.6 cm³/mol. The molecule has 0 fully saturated rings. The van der Waals surface area contributed by atoms with Gasteiger partial charge in [-0.1, -0.05) is 6.92 Å². The van der Waals surface area contributed by atoms with Gasteiger partial charge in [-0.05, 0) is 25.5 Å². The molecule has 0 aliphatic carbocycles. The Kier molecular flexibility index (Phi) is 3.41. The summed E-state index contributed by atoms with van der Waals surface area (Å²) in [5, 5.41) is 9.11. The minimum atomic E-state index is -0.929. The predicted octanol–water partition coefficient (Wildman–Crippen LogP) is 2.28. The van der Waals surface area contributed by atoms with Gasteiger partial charge in [0.15, 0.2) is 0 Å². The summed E-state index contributed by atoms with van der Waals surface area (Å²) in [6.45, 7) is 4.03. The molecule has 0 spiro atoms. The van der Waals surface area contributed by atoms with Crippen LogP contribution in [0.15, 0.2) is 18.2 Å². The summed E-state index contributed by atoms with van der Waals surface area (Å²) in [6, 6.07) is 3.48. The summed E-state index contributed by atoms with van der Waals surface area (Å²) >= 11 is 0. The summed E-state index contributed by atoms with van der Waals surface area (Å²) < 4.78 is 19.0. The van der Waals surface area contributed by atoms with Crippen molar-refractivity contribution < 1.29 is 19.0 Å². The van der Waals surface area contributed by atoms with Crippen molar-refractivity contribution in [2.45, 2.75) is 32.4 Å². The molecule has 2 atom stereocenters. The topological polar surface area (TPSA) is 49.8 Å². The zero-order valence-corrected chi connectivity index (χ0v) is 10.4. The molecule has 0 saturated carbocycles. The van der Waals surface area contributed by atoms with Crippen LogP contribution in [0.5, 0.6) is 5.75 Å². The maximum Gasteiger partial charge on any atom is 0.326 e. The average molecular weight is 253 g/mol. The van der Waals surface area contributed by atoms with E-state index in [1.165, 1.54) is 12.1 Å². The standard InChI is InChI=1S/C13H16FNO3/c1-3-10-7-15(8(2)13(16)17)11-6-9(14)4-5-12(11)18-10/h4-6,8,10H,3,7H2,1-2H3,(H,16,17). The molecule has 1 aromatic carbocycles. The molecule has 1 aliphatic heterocycles. The Balaban J connectivity index is 2.40. The number of rotatable bonds is 3. The van der Waals surface area contributed by atoms with E-state index < -0.39 is 17.8 Å². The van der Waals surface area contributed by atoms with Crippen molar-refractivity contribution in [1.29, 1.82) is 0 Å². The number of carboxylic acids is 1. The first-order valence-electron chi connectivity index (χ1n) is 5.98. The van der Waals surface area contributed by atoms with E-state index in [1.807, 2.05) is 6.92 Å². The zero-order valence-electron chi connectivity index (χ0n) is 10.4. The van der Waals surface area contributed by atoms with Crippen LogP contribution in [-0.4, -0.2) is 29.8 Å². The Morgan fingerprint density at radius 1 is 1.67 bits per heavy atom. The van der Waals surface area contributed by atoms with Crippen LogP contribution in [0.1, 0.15) is 20.3 Å². The number of hydrogen-bond donors (Lipinski definition) is 1. The van der Waals surface area contributed by atoms with Crippen LogP contribution in [0.3, 0.4) is 0 Å². The number of ether oxygens (including phenoxy) is 1. The maximum absolute atomic E-state index is 13.3. The number of halogens is 1. The Labute approximate surface area is 105 Å². The fourth-order valence-electron chi connectivity index (χ4n) is 2.06. The van der Waals surface area contributed by atoms with E-state index in [-0.39, 0.29) is 6.10 Å². The van der Waals surface area contributed by atoms with Gasteiger partial charge in [0.25, 0.3) is 0 Å². The van der Waals surface area contributed by atoms with Gasteiger partial charge < -0.3 is 14.7 Å². The number of nitrogens with zero attached hydrogens (tertiary/aromatic N) is 1. The molecule has 0 bridgehead atoms. The van der Waals surface area contributed by atoms with Gasteiger partial charge in [0.1, 0.15) is 23.7 Å². The molecule has 1 N–H and O–H groups in total. The third kappa shape index (κ3) is 2.25. The summed E-state index contributed by atoms with van der Waals surface area (Å²) in [6.07, 6.45) is 0.712. The van der Waals surface area contributed by atoms with Crippen LogP contribution in [-0.2, 0) is 4.79 Å². The van der Waals surface area contributed by atoms with Gasteiger partial charge in [-0.3, -0.25) is 0 Å². The van der Waals surface area contributed by atoms with Gasteiger partial charge in [-0.15, -0.1) is 0 Å². The first-order valence-corrected chi connectivity index (χ1v) is 5.98. The van der Waals surface area contributed by atoms with Crippen LogP contribution in [0.4, 0.5) is 10.1 Å². The minimum Gasteiger partial charge on any atom is -0.486 e. The van der Waals surface area contributed by atoms with Crippen molar-refractivity contribution >= 4 is 11.7 Å². The first-order chi connectivity index (χ1) is 8.52. The number of benzene rings is 1. The quantitative estimate of drug-likeness (QED) is 0.897. The molecule has 0 aromatic heterocycles. The number of aliphatic carboxylic acids is 1. The molecule has 1 aromatic rings.